The lowest BCUT2D eigenvalue weighted by Crippen LogP contribution is -2.50. The minimum absolute atomic E-state index is 0.545. The Labute approximate surface area is 78.8 Å². The number of anilines is 1. The van der Waals surface area contributed by atoms with Crippen LogP contribution < -0.4 is 10.2 Å². The summed E-state index contributed by atoms with van der Waals surface area (Å²) in [5, 5.41) is 3.36. The van der Waals surface area contributed by atoms with E-state index >= 15 is 0 Å². The minimum atomic E-state index is 0.545. The number of hydrogen-bond donors (Lipinski definition) is 1. The van der Waals surface area contributed by atoms with Crippen molar-refractivity contribution in [2.45, 2.75) is 13.0 Å². The Hall–Kier alpha value is -1.09. The van der Waals surface area contributed by atoms with Crippen molar-refractivity contribution in [1.82, 2.24) is 10.3 Å². The standard InChI is InChI=1S/C10H15N3/c1-9-8-11-6-7-13(9)10-4-2-3-5-12-10/h2-5,9,11H,6-8H2,1H3. The topological polar surface area (TPSA) is 28.2 Å². The monoisotopic (exact) mass is 177 g/mol. The third-order valence-corrected chi connectivity index (χ3v) is 2.44. The molecule has 2 rings (SSSR count). The van der Waals surface area contributed by atoms with Gasteiger partial charge in [0, 0.05) is 31.9 Å². The number of nitrogens with zero attached hydrogens (tertiary/aromatic N) is 2. The molecular formula is C10H15N3. The average Bonchev–Trinajstić information content (AvgIpc) is 2.20. The predicted molar refractivity (Wildman–Crippen MR) is 53.9 cm³/mol. The summed E-state index contributed by atoms with van der Waals surface area (Å²) in [6.45, 7) is 5.39. The highest BCUT2D eigenvalue weighted by molar-refractivity contribution is 5.39. The third-order valence-electron chi connectivity index (χ3n) is 2.44. The molecular weight excluding hydrogens is 162 g/mol. The van der Waals surface area contributed by atoms with Gasteiger partial charge in [0.05, 0.1) is 0 Å². The van der Waals surface area contributed by atoms with Gasteiger partial charge in [-0.25, -0.2) is 4.98 Å². The van der Waals surface area contributed by atoms with Gasteiger partial charge in [-0.1, -0.05) is 6.07 Å². The van der Waals surface area contributed by atoms with Gasteiger partial charge >= 0.3 is 0 Å². The highest BCUT2D eigenvalue weighted by atomic mass is 15.3. The molecule has 1 aromatic rings. The van der Waals surface area contributed by atoms with Crippen LogP contribution in [-0.2, 0) is 0 Å². The van der Waals surface area contributed by atoms with Gasteiger partial charge in [0.15, 0.2) is 0 Å². The van der Waals surface area contributed by atoms with Gasteiger partial charge in [-0.2, -0.15) is 0 Å². The zero-order valence-electron chi connectivity index (χ0n) is 7.90. The van der Waals surface area contributed by atoms with Crippen LogP contribution in [0.15, 0.2) is 24.4 Å². The van der Waals surface area contributed by atoms with Crippen LogP contribution in [0, 0.1) is 0 Å². The number of pyridine rings is 1. The lowest BCUT2D eigenvalue weighted by molar-refractivity contribution is 0.497. The van der Waals surface area contributed by atoms with E-state index in [4.69, 9.17) is 0 Å². The quantitative estimate of drug-likeness (QED) is 0.690. The van der Waals surface area contributed by atoms with Gasteiger partial charge < -0.3 is 10.2 Å². The molecule has 1 fully saturated rings. The van der Waals surface area contributed by atoms with Crippen molar-refractivity contribution in [2.24, 2.45) is 0 Å². The molecule has 1 aromatic heterocycles. The summed E-state index contributed by atoms with van der Waals surface area (Å²) in [6.07, 6.45) is 1.85. The lowest BCUT2D eigenvalue weighted by Gasteiger charge is -2.34. The second kappa shape index (κ2) is 3.75. The van der Waals surface area contributed by atoms with Crippen molar-refractivity contribution in [3.8, 4) is 0 Å². The van der Waals surface area contributed by atoms with Gasteiger partial charge in [0.2, 0.25) is 0 Å². The molecule has 13 heavy (non-hydrogen) atoms. The molecule has 1 N–H and O–H groups in total. The van der Waals surface area contributed by atoms with Gasteiger partial charge in [-0.05, 0) is 19.1 Å². The Morgan fingerprint density at radius 1 is 1.54 bits per heavy atom. The largest absolute Gasteiger partial charge is 0.351 e. The molecule has 3 heteroatoms. The van der Waals surface area contributed by atoms with Gasteiger partial charge in [-0.3, -0.25) is 0 Å². The summed E-state index contributed by atoms with van der Waals surface area (Å²) in [6, 6.07) is 6.61. The Bertz CT molecular complexity index is 260. The zero-order chi connectivity index (χ0) is 9.10. The molecule has 1 aliphatic rings. The predicted octanol–water partition coefficient (Wildman–Crippen LogP) is 0.880. The molecule has 0 saturated carbocycles. The SMILES string of the molecule is CC1CNCCN1c1ccccn1. The average molecular weight is 177 g/mol. The molecule has 1 atom stereocenters. The van der Waals surface area contributed by atoms with E-state index in [2.05, 4.69) is 28.2 Å². The fraction of sp³-hybridized carbons (Fsp3) is 0.500. The van der Waals surface area contributed by atoms with Crippen LogP contribution in [0.25, 0.3) is 0 Å². The van der Waals surface area contributed by atoms with Crippen LogP contribution in [0.2, 0.25) is 0 Å². The molecule has 2 heterocycles. The molecule has 0 radical (unpaired) electrons. The molecule has 0 aliphatic carbocycles. The van der Waals surface area contributed by atoms with E-state index in [9.17, 15) is 0 Å². The van der Waals surface area contributed by atoms with Crippen molar-refractivity contribution in [1.29, 1.82) is 0 Å². The van der Waals surface area contributed by atoms with E-state index in [1.54, 1.807) is 0 Å². The van der Waals surface area contributed by atoms with Crippen molar-refractivity contribution < 1.29 is 0 Å². The Balaban J connectivity index is 2.15. The summed E-state index contributed by atoms with van der Waals surface area (Å²) in [5.74, 6) is 1.09. The summed E-state index contributed by atoms with van der Waals surface area (Å²) in [7, 11) is 0. The maximum atomic E-state index is 4.35. The Morgan fingerprint density at radius 2 is 2.46 bits per heavy atom. The van der Waals surface area contributed by atoms with Crippen molar-refractivity contribution in [3.05, 3.63) is 24.4 Å². The molecule has 70 valence electrons. The summed E-state index contributed by atoms with van der Waals surface area (Å²) < 4.78 is 0. The van der Waals surface area contributed by atoms with E-state index in [-0.39, 0.29) is 0 Å². The fourth-order valence-corrected chi connectivity index (χ4v) is 1.71. The van der Waals surface area contributed by atoms with Crippen LogP contribution in [0.3, 0.4) is 0 Å². The second-order valence-corrected chi connectivity index (χ2v) is 3.43. The van der Waals surface area contributed by atoms with Crippen molar-refractivity contribution >= 4 is 5.82 Å². The highest BCUT2D eigenvalue weighted by Crippen LogP contribution is 2.13. The molecule has 0 aromatic carbocycles. The second-order valence-electron chi connectivity index (χ2n) is 3.43. The van der Waals surface area contributed by atoms with Crippen LogP contribution >= 0.6 is 0 Å². The molecule has 3 nitrogen and oxygen atoms in total. The number of nitrogens with one attached hydrogen (secondary N) is 1. The normalized spacial score (nSPS) is 23.2. The summed E-state index contributed by atoms with van der Waals surface area (Å²) in [4.78, 5) is 6.69. The molecule has 1 unspecified atom stereocenters. The van der Waals surface area contributed by atoms with Crippen LogP contribution in [0.4, 0.5) is 5.82 Å². The van der Waals surface area contributed by atoms with Gasteiger partial charge in [0.25, 0.3) is 0 Å². The fourth-order valence-electron chi connectivity index (χ4n) is 1.71. The summed E-state index contributed by atoms with van der Waals surface area (Å²) in [5.41, 5.74) is 0. The minimum Gasteiger partial charge on any atom is -0.351 e. The van der Waals surface area contributed by atoms with Gasteiger partial charge in [-0.15, -0.1) is 0 Å². The third kappa shape index (κ3) is 1.80. The van der Waals surface area contributed by atoms with E-state index in [0.717, 1.165) is 25.5 Å². The first-order valence-corrected chi connectivity index (χ1v) is 4.76. The molecule has 0 bridgehead atoms. The van der Waals surface area contributed by atoms with Crippen LogP contribution in [-0.4, -0.2) is 30.7 Å². The number of rotatable bonds is 1. The van der Waals surface area contributed by atoms with Crippen molar-refractivity contribution in [3.63, 3.8) is 0 Å². The Morgan fingerprint density at radius 3 is 3.15 bits per heavy atom. The van der Waals surface area contributed by atoms with E-state index in [1.807, 2.05) is 18.3 Å². The van der Waals surface area contributed by atoms with Crippen molar-refractivity contribution in [2.75, 3.05) is 24.5 Å². The first kappa shape index (κ1) is 8.51. The highest BCUT2D eigenvalue weighted by Gasteiger charge is 2.18. The maximum Gasteiger partial charge on any atom is 0.128 e. The zero-order valence-corrected chi connectivity index (χ0v) is 7.90. The van der Waals surface area contributed by atoms with Crippen LogP contribution in [0.5, 0.6) is 0 Å². The molecule has 0 spiro atoms. The first-order chi connectivity index (χ1) is 6.38. The first-order valence-electron chi connectivity index (χ1n) is 4.76. The smallest absolute Gasteiger partial charge is 0.128 e. The maximum absolute atomic E-state index is 4.35. The number of aromatic nitrogens is 1. The number of piperazine rings is 1. The number of hydrogen-bond acceptors (Lipinski definition) is 3. The van der Waals surface area contributed by atoms with E-state index in [1.165, 1.54) is 0 Å². The molecule has 1 aliphatic heterocycles. The summed E-state index contributed by atoms with van der Waals surface area (Å²) >= 11 is 0. The molecule has 0 amide bonds. The van der Waals surface area contributed by atoms with Crippen LogP contribution in [0.1, 0.15) is 6.92 Å². The van der Waals surface area contributed by atoms with E-state index < -0.39 is 0 Å². The lowest BCUT2D eigenvalue weighted by atomic mass is 10.2. The Kier molecular flexibility index (Phi) is 2.45. The van der Waals surface area contributed by atoms with Gasteiger partial charge in [0.1, 0.15) is 5.82 Å². The molecule has 1 saturated heterocycles. The van der Waals surface area contributed by atoms with E-state index in [0.29, 0.717) is 6.04 Å².